The maximum atomic E-state index is 12.9. The third-order valence-corrected chi connectivity index (χ3v) is 7.38. The molecule has 0 radical (unpaired) electrons. The number of nitro benzene ring substituents is 1. The first-order chi connectivity index (χ1) is 18.8. The summed E-state index contributed by atoms with van der Waals surface area (Å²) in [5, 5.41) is 25.3. The van der Waals surface area contributed by atoms with Gasteiger partial charge < -0.3 is 20.1 Å². The molecular weight excluding hydrogens is 500 g/mol. The second-order valence-corrected chi connectivity index (χ2v) is 9.85. The zero-order valence-electron chi connectivity index (χ0n) is 21.5. The zero-order chi connectivity index (χ0) is 27.5. The second-order valence-electron chi connectivity index (χ2n) is 9.85. The molecule has 0 unspecified atom stereocenters. The van der Waals surface area contributed by atoms with E-state index in [9.17, 15) is 24.8 Å². The average Bonchev–Trinajstić information content (AvgIpc) is 2.97. The minimum Gasteiger partial charge on any atom is -0.444 e. The molecule has 2 aliphatic rings. The molecule has 1 saturated heterocycles. The third-order valence-electron chi connectivity index (χ3n) is 7.38. The fourth-order valence-electron chi connectivity index (χ4n) is 5.27. The average molecular weight is 531 g/mol. The molecule has 2 amide bonds. The Morgan fingerprint density at radius 3 is 2.46 bits per heavy atom. The van der Waals surface area contributed by atoms with Gasteiger partial charge in [0.1, 0.15) is 12.3 Å². The van der Waals surface area contributed by atoms with Gasteiger partial charge in [-0.2, -0.15) is 0 Å². The van der Waals surface area contributed by atoms with E-state index in [2.05, 4.69) is 5.32 Å². The van der Waals surface area contributed by atoms with Crippen molar-refractivity contribution in [2.24, 2.45) is 0 Å². The Labute approximate surface area is 226 Å². The predicted octanol–water partition coefficient (Wildman–Crippen LogP) is 4.57. The van der Waals surface area contributed by atoms with E-state index in [1.54, 1.807) is 48.2 Å². The minimum atomic E-state index is -0.921. The number of piperidine rings is 1. The lowest BCUT2D eigenvalue weighted by atomic mass is 9.99. The highest BCUT2D eigenvalue weighted by atomic mass is 16.6. The second kappa shape index (κ2) is 11.1. The van der Waals surface area contributed by atoms with E-state index in [0.29, 0.717) is 37.2 Å². The number of nitrogens with zero attached hydrogens (tertiary/aromatic N) is 3. The van der Waals surface area contributed by atoms with Crippen molar-refractivity contribution < 1.29 is 24.4 Å². The number of nitro groups is 1. The lowest BCUT2D eigenvalue weighted by molar-refractivity contribution is -0.384. The Kier molecular flexibility index (Phi) is 7.47. The zero-order valence-corrected chi connectivity index (χ0v) is 21.5. The van der Waals surface area contributed by atoms with Gasteiger partial charge in [0.05, 0.1) is 22.8 Å². The molecule has 39 heavy (non-hydrogen) atoms. The Bertz CT molecular complexity index is 1370. The molecule has 1 fully saturated rings. The molecule has 2 heterocycles. The lowest BCUT2D eigenvalue weighted by Crippen LogP contribution is -2.49. The van der Waals surface area contributed by atoms with Crippen molar-refractivity contribution in [3.63, 3.8) is 0 Å². The van der Waals surface area contributed by atoms with Crippen molar-refractivity contribution in [1.29, 1.82) is 0 Å². The smallest absolute Gasteiger partial charge is 0.414 e. The molecule has 0 aliphatic carbocycles. The van der Waals surface area contributed by atoms with Gasteiger partial charge in [0.15, 0.2) is 0 Å². The number of benzene rings is 3. The standard InChI is InChI=1S/C29H30N4O6/c1-19(27(34)20-7-3-2-4-8-20)30-28(35)21-11-12-25(26(17-21)33(37)38)31-15-13-23(14-16-31)32-24-10-6-5-9-22(24)18-39-29(32)36/h2-12,17,19,23,27,34H,13-16,18H2,1H3,(H,30,35)/t19-,27-/m0/s1. The quantitative estimate of drug-likeness (QED) is 0.339. The Hall–Kier alpha value is -4.44. The fraction of sp³-hybridized carbons (Fsp3) is 0.310. The number of nitrogens with one attached hydrogen (secondary N) is 1. The SMILES string of the molecule is C[C@H](NC(=O)c1ccc(N2CCC(N3C(=O)OCc4ccccc43)CC2)c([N+](=O)[O-])c1)[C@H](O)c1ccccc1. The summed E-state index contributed by atoms with van der Waals surface area (Å²) in [6.45, 7) is 2.94. The van der Waals surface area contributed by atoms with Gasteiger partial charge in [0, 0.05) is 36.3 Å². The molecule has 0 bridgehead atoms. The van der Waals surface area contributed by atoms with Gasteiger partial charge in [-0.25, -0.2) is 4.79 Å². The van der Waals surface area contributed by atoms with Gasteiger partial charge in [-0.1, -0.05) is 48.5 Å². The lowest BCUT2D eigenvalue weighted by Gasteiger charge is -2.40. The molecule has 0 spiro atoms. The van der Waals surface area contributed by atoms with E-state index < -0.39 is 23.0 Å². The van der Waals surface area contributed by atoms with Gasteiger partial charge in [0.2, 0.25) is 0 Å². The number of para-hydroxylation sites is 1. The molecule has 3 aromatic rings. The molecule has 2 aliphatic heterocycles. The van der Waals surface area contributed by atoms with Crippen LogP contribution in [0.25, 0.3) is 0 Å². The number of fused-ring (bicyclic) bond motifs is 1. The van der Waals surface area contributed by atoms with Crippen LogP contribution in [0.4, 0.5) is 21.9 Å². The predicted molar refractivity (Wildman–Crippen MR) is 146 cm³/mol. The summed E-state index contributed by atoms with van der Waals surface area (Å²) in [5.74, 6) is -0.506. The monoisotopic (exact) mass is 530 g/mol. The summed E-state index contributed by atoms with van der Waals surface area (Å²) >= 11 is 0. The van der Waals surface area contributed by atoms with Gasteiger partial charge in [-0.15, -0.1) is 0 Å². The fourth-order valence-corrected chi connectivity index (χ4v) is 5.27. The Morgan fingerprint density at radius 1 is 1.05 bits per heavy atom. The minimum absolute atomic E-state index is 0.0863. The van der Waals surface area contributed by atoms with E-state index in [0.717, 1.165) is 11.3 Å². The van der Waals surface area contributed by atoms with Crippen molar-refractivity contribution in [3.05, 3.63) is 99.6 Å². The number of carbonyl (C=O) groups is 2. The number of aliphatic hydroxyl groups excluding tert-OH is 1. The summed E-state index contributed by atoms with van der Waals surface area (Å²) in [4.78, 5) is 40.6. The summed E-state index contributed by atoms with van der Waals surface area (Å²) in [7, 11) is 0. The summed E-state index contributed by atoms with van der Waals surface area (Å²) in [5.41, 5.74) is 2.86. The van der Waals surface area contributed by atoms with Gasteiger partial charge in [0.25, 0.3) is 11.6 Å². The van der Waals surface area contributed by atoms with Crippen LogP contribution in [0.15, 0.2) is 72.8 Å². The van der Waals surface area contributed by atoms with Gasteiger partial charge in [-0.05, 0) is 43.5 Å². The molecule has 2 N–H and O–H groups in total. The number of cyclic esters (lactones) is 1. The van der Waals surface area contributed by atoms with Crippen LogP contribution < -0.4 is 15.1 Å². The van der Waals surface area contributed by atoms with Crippen LogP contribution in [0, 0.1) is 10.1 Å². The number of rotatable bonds is 7. The first-order valence-corrected chi connectivity index (χ1v) is 12.9. The number of hydrogen-bond acceptors (Lipinski definition) is 7. The summed E-state index contributed by atoms with van der Waals surface area (Å²) in [6, 6.07) is 20.4. The van der Waals surface area contributed by atoms with Gasteiger partial charge in [-0.3, -0.25) is 19.8 Å². The van der Waals surface area contributed by atoms with Crippen LogP contribution in [0.1, 0.15) is 47.4 Å². The van der Waals surface area contributed by atoms with E-state index >= 15 is 0 Å². The van der Waals surface area contributed by atoms with Crippen molar-refractivity contribution in [2.45, 2.75) is 44.6 Å². The topological polar surface area (TPSA) is 125 Å². The molecule has 0 saturated carbocycles. The van der Waals surface area contributed by atoms with Crippen molar-refractivity contribution in [3.8, 4) is 0 Å². The number of amides is 2. The summed E-state index contributed by atoms with van der Waals surface area (Å²) in [6.07, 6.45) is -0.0786. The molecule has 0 aromatic heterocycles. The molecule has 5 rings (SSSR count). The normalized spacial score (nSPS) is 17.1. The number of hydrogen-bond donors (Lipinski definition) is 2. The molecule has 10 heteroatoms. The van der Waals surface area contributed by atoms with Crippen LogP contribution in [0.5, 0.6) is 0 Å². The molecule has 3 aromatic carbocycles. The van der Waals surface area contributed by atoms with Crippen molar-refractivity contribution in [1.82, 2.24) is 5.32 Å². The first-order valence-electron chi connectivity index (χ1n) is 12.9. The maximum absolute atomic E-state index is 12.9. The number of aliphatic hydroxyl groups is 1. The van der Waals surface area contributed by atoms with Crippen molar-refractivity contribution in [2.75, 3.05) is 22.9 Å². The number of anilines is 2. The first kappa shape index (κ1) is 26.2. The molecular formula is C29H30N4O6. The number of carbonyl (C=O) groups excluding carboxylic acids is 2. The van der Waals surface area contributed by atoms with Crippen molar-refractivity contribution >= 4 is 29.1 Å². The largest absolute Gasteiger partial charge is 0.444 e. The van der Waals surface area contributed by atoms with Crippen LogP contribution in [0.3, 0.4) is 0 Å². The highest BCUT2D eigenvalue weighted by molar-refractivity contribution is 5.96. The van der Waals surface area contributed by atoms with E-state index in [1.165, 1.54) is 6.07 Å². The van der Waals surface area contributed by atoms with Crippen LogP contribution in [-0.2, 0) is 11.3 Å². The van der Waals surface area contributed by atoms with E-state index in [1.807, 2.05) is 35.2 Å². The Balaban J connectivity index is 1.28. The maximum Gasteiger partial charge on any atom is 0.414 e. The van der Waals surface area contributed by atoms with E-state index in [-0.39, 0.29) is 30.0 Å². The molecule has 202 valence electrons. The van der Waals surface area contributed by atoms with Crippen LogP contribution in [0.2, 0.25) is 0 Å². The Morgan fingerprint density at radius 2 is 1.74 bits per heavy atom. The third kappa shape index (κ3) is 5.42. The van der Waals surface area contributed by atoms with Crippen LogP contribution >= 0.6 is 0 Å². The van der Waals surface area contributed by atoms with E-state index in [4.69, 9.17) is 4.74 Å². The number of ether oxygens (including phenoxy) is 1. The van der Waals surface area contributed by atoms with Crippen LogP contribution in [-0.4, -0.2) is 47.2 Å². The summed E-state index contributed by atoms with van der Waals surface area (Å²) < 4.78 is 5.37. The molecule has 10 nitrogen and oxygen atoms in total. The molecule has 2 atom stereocenters. The highest BCUT2D eigenvalue weighted by Crippen LogP contribution is 2.35. The van der Waals surface area contributed by atoms with Gasteiger partial charge >= 0.3 is 6.09 Å². The highest BCUT2D eigenvalue weighted by Gasteiger charge is 2.35.